The van der Waals surface area contributed by atoms with Crippen molar-refractivity contribution in [2.24, 2.45) is 10.9 Å². The molecule has 2 heterocycles. The van der Waals surface area contributed by atoms with Crippen molar-refractivity contribution in [1.29, 1.82) is 0 Å². The zero-order valence-electron chi connectivity index (χ0n) is 15.1. The average Bonchev–Trinajstić information content (AvgIpc) is 3.00. The summed E-state index contributed by atoms with van der Waals surface area (Å²) in [5.41, 5.74) is 0. The predicted octanol–water partition coefficient (Wildman–Crippen LogP) is 2.41. The van der Waals surface area contributed by atoms with Crippen molar-refractivity contribution in [1.82, 2.24) is 15.1 Å². The minimum atomic E-state index is 0. The summed E-state index contributed by atoms with van der Waals surface area (Å²) >= 11 is 0. The molecule has 0 aromatic heterocycles. The number of rotatable bonds is 6. The molecule has 0 aromatic rings. The first-order valence-corrected chi connectivity index (χ1v) is 9.04. The fraction of sp³-hybridized carbons (Fsp3) is 0.941. The quantitative estimate of drug-likeness (QED) is 0.393. The summed E-state index contributed by atoms with van der Waals surface area (Å²) in [6, 6.07) is 0.629. The van der Waals surface area contributed by atoms with Crippen molar-refractivity contribution in [2.45, 2.75) is 45.6 Å². The number of likely N-dealkylation sites (N-methyl/N-ethyl adjacent to an activating group) is 1. The summed E-state index contributed by atoms with van der Waals surface area (Å²) in [6.45, 7) is 11.7. The lowest BCUT2D eigenvalue weighted by Gasteiger charge is -2.34. The van der Waals surface area contributed by atoms with E-state index in [4.69, 9.17) is 9.73 Å². The maximum absolute atomic E-state index is 5.30. The van der Waals surface area contributed by atoms with Crippen molar-refractivity contribution in [3.05, 3.63) is 0 Å². The lowest BCUT2D eigenvalue weighted by Crippen LogP contribution is -2.44. The normalized spacial score (nSPS) is 26.2. The fourth-order valence-corrected chi connectivity index (χ4v) is 3.70. The molecule has 2 unspecified atom stereocenters. The molecule has 0 radical (unpaired) electrons. The van der Waals surface area contributed by atoms with Crippen LogP contribution in [0.1, 0.15) is 39.5 Å². The largest absolute Gasteiger partial charge is 0.384 e. The number of aliphatic imine (C=N–C) groups is 1. The van der Waals surface area contributed by atoms with Crippen molar-refractivity contribution in [3.8, 4) is 0 Å². The van der Waals surface area contributed by atoms with E-state index in [0.717, 1.165) is 45.3 Å². The molecule has 136 valence electrons. The molecule has 0 aromatic carbocycles. The van der Waals surface area contributed by atoms with Gasteiger partial charge in [-0.15, -0.1) is 24.0 Å². The van der Waals surface area contributed by atoms with Gasteiger partial charge in [0.1, 0.15) is 0 Å². The molecule has 2 atom stereocenters. The second-order valence-corrected chi connectivity index (χ2v) is 6.53. The molecule has 5 nitrogen and oxygen atoms in total. The summed E-state index contributed by atoms with van der Waals surface area (Å²) in [6.07, 6.45) is 5.21. The van der Waals surface area contributed by atoms with Crippen LogP contribution in [0.2, 0.25) is 0 Å². The number of halogens is 1. The Bertz CT molecular complexity index is 353. The molecule has 23 heavy (non-hydrogen) atoms. The van der Waals surface area contributed by atoms with Crippen LogP contribution < -0.4 is 5.32 Å². The first kappa shape index (κ1) is 21.0. The fourth-order valence-electron chi connectivity index (χ4n) is 3.70. The summed E-state index contributed by atoms with van der Waals surface area (Å²) in [7, 11) is 1.80. The van der Waals surface area contributed by atoms with Crippen LogP contribution in [0.4, 0.5) is 0 Å². The Labute approximate surface area is 159 Å². The van der Waals surface area contributed by atoms with E-state index in [1.165, 1.54) is 32.2 Å². The highest BCUT2D eigenvalue weighted by Gasteiger charge is 2.26. The van der Waals surface area contributed by atoms with Crippen molar-refractivity contribution < 1.29 is 4.74 Å². The van der Waals surface area contributed by atoms with Crippen LogP contribution in [-0.2, 0) is 4.74 Å². The smallest absolute Gasteiger partial charge is 0.193 e. The molecule has 2 aliphatic heterocycles. The third-order valence-electron chi connectivity index (χ3n) is 4.93. The van der Waals surface area contributed by atoms with Crippen LogP contribution in [-0.4, -0.2) is 74.8 Å². The zero-order valence-corrected chi connectivity index (χ0v) is 17.4. The van der Waals surface area contributed by atoms with Gasteiger partial charge in [0.2, 0.25) is 0 Å². The minimum Gasteiger partial charge on any atom is -0.384 e. The van der Waals surface area contributed by atoms with Crippen LogP contribution in [0.25, 0.3) is 0 Å². The van der Waals surface area contributed by atoms with Crippen LogP contribution in [0, 0.1) is 5.92 Å². The lowest BCUT2D eigenvalue weighted by atomic mass is 10.0. The van der Waals surface area contributed by atoms with Gasteiger partial charge in [-0.3, -0.25) is 9.89 Å². The van der Waals surface area contributed by atoms with Crippen molar-refractivity contribution in [2.75, 3.05) is 53.0 Å². The first-order valence-electron chi connectivity index (χ1n) is 9.04. The number of hydrogen-bond acceptors (Lipinski definition) is 3. The standard InChI is InChI=1S/C17H34N4O.HI/c1-4-18-17(21-11-9-15(13-21)14-22-3)19-12-16-8-6-7-10-20(16)5-2;/h15-16H,4-14H2,1-3H3,(H,18,19);1H. The maximum Gasteiger partial charge on any atom is 0.193 e. The van der Waals surface area contributed by atoms with Gasteiger partial charge in [-0.1, -0.05) is 13.3 Å². The number of piperidine rings is 1. The average molecular weight is 438 g/mol. The minimum absolute atomic E-state index is 0. The molecule has 0 bridgehead atoms. The predicted molar refractivity (Wildman–Crippen MR) is 108 cm³/mol. The van der Waals surface area contributed by atoms with Crippen LogP contribution in [0.15, 0.2) is 4.99 Å². The van der Waals surface area contributed by atoms with Crippen molar-refractivity contribution in [3.63, 3.8) is 0 Å². The third-order valence-corrected chi connectivity index (χ3v) is 4.93. The van der Waals surface area contributed by atoms with E-state index in [0.29, 0.717) is 12.0 Å². The van der Waals surface area contributed by atoms with Gasteiger partial charge in [0.25, 0.3) is 0 Å². The van der Waals surface area contributed by atoms with Gasteiger partial charge in [-0.2, -0.15) is 0 Å². The Morgan fingerprint density at radius 1 is 1.22 bits per heavy atom. The highest BCUT2D eigenvalue weighted by Crippen LogP contribution is 2.18. The van der Waals surface area contributed by atoms with Gasteiger partial charge in [0, 0.05) is 38.7 Å². The molecule has 2 fully saturated rings. The van der Waals surface area contributed by atoms with E-state index in [-0.39, 0.29) is 24.0 Å². The summed E-state index contributed by atoms with van der Waals surface area (Å²) in [5.74, 6) is 1.75. The van der Waals surface area contributed by atoms with Gasteiger partial charge in [-0.25, -0.2) is 0 Å². The van der Waals surface area contributed by atoms with Gasteiger partial charge >= 0.3 is 0 Å². The molecule has 1 N–H and O–H groups in total. The summed E-state index contributed by atoms with van der Waals surface area (Å²) in [4.78, 5) is 9.96. The topological polar surface area (TPSA) is 40.1 Å². The molecule has 2 rings (SSSR count). The number of likely N-dealkylation sites (tertiary alicyclic amines) is 2. The Morgan fingerprint density at radius 3 is 2.74 bits per heavy atom. The summed E-state index contributed by atoms with van der Waals surface area (Å²) < 4.78 is 5.30. The molecule has 6 heteroatoms. The monoisotopic (exact) mass is 438 g/mol. The van der Waals surface area contributed by atoms with Crippen LogP contribution in [0.5, 0.6) is 0 Å². The van der Waals surface area contributed by atoms with Gasteiger partial charge < -0.3 is 15.0 Å². The Kier molecular flexibility index (Phi) is 10.5. The molecule has 0 aliphatic carbocycles. The van der Waals surface area contributed by atoms with E-state index in [9.17, 15) is 0 Å². The number of nitrogens with one attached hydrogen (secondary N) is 1. The van der Waals surface area contributed by atoms with Gasteiger partial charge in [0.15, 0.2) is 5.96 Å². The second-order valence-electron chi connectivity index (χ2n) is 6.53. The Hall–Kier alpha value is -0.0800. The number of guanidine groups is 1. The molecule has 2 aliphatic rings. The number of ether oxygens (including phenoxy) is 1. The van der Waals surface area contributed by atoms with Gasteiger partial charge in [0.05, 0.1) is 13.2 Å². The van der Waals surface area contributed by atoms with Crippen molar-refractivity contribution >= 4 is 29.9 Å². The lowest BCUT2D eigenvalue weighted by molar-refractivity contribution is 0.156. The Morgan fingerprint density at radius 2 is 2.04 bits per heavy atom. The van der Waals surface area contributed by atoms with E-state index >= 15 is 0 Å². The molecule has 0 amide bonds. The zero-order chi connectivity index (χ0) is 15.8. The number of hydrogen-bond donors (Lipinski definition) is 1. The highest BCUT2D eigenvalue weighted by molar-refractivity contribution is 14.0. The SMILES string of the molecule is CCNC(=NCC1CCCCN1CC)N1CCC(COC)C1.I. The highest BCUT2D eigenvalue weighted by atomic mass is 127. The maximum atomic E-state index is 5.30. The van der Waals surface area contributed by atoms with E-state index in [1.807, 2.05) is 0 Å². The first-order chi connectivity index (χ1) is 10.8. The molecular formula is C17H35IN4O. The molecule has 0 saturated carbocycles. The van der Waals surface area contributed by atoms with Gasteiger partial charge in [-0.05, 0) is 39.3 Å². The molecule has 2 saturated heterocycles. The van der Waals surface area contributed by atoms with E-state index in [1.54, 1.807) is 7.11 Å². The molecule has 0 spiro atoms. The van der Waals surface area contributed by atoms with E-state index < -0.39 is 0 Å². The second kappa shape index (κ2) is 11.5. The number of methoxy groups -OCH3 is 1. The van der Waals surface area contributed by atoms with E-state index in [2.05, 4.69) is 29.0 Å². The number of nitrogens with zero attached hydrogens (tertiary/aromatic N) is 3. The Balaban J connectivity index is 0.00000264. The third kappa shape index (κ3) is 6.38. The van der Waals surface area contributed by atoms with Crippen LogP contribution >= 0.6 is 24.0 Å². The summed E-state index contributed by atoms with van der Waals surface area (Å²) in [5, 5.41) is 3.48. The van der Waals surface area contributed by atoms with Crippen LogP contribution in [0.3, 0.4) is 0 Å². The molecular weight excluding hydrogens is 403 g/mol.